The normalized spacial score (nSPS) is 15.9. The van der Waals surface area contributed by atoms with Crippen molar-refractivity contribution < 1.29 is 4.79 Å². The third-order valence-corrected chi connectivity index (χ3v) is 5.99. The van der Waals surface area contributed by atoms with Gasteiger partial charge >= 0.3 is 0 Å². The van der Waals surface area contributed by atoms with Crippen molar-refractivity contribution in [2.75, 3.05) is 26.2 Å². The van der Waals surface area contributed by atoms with E-state index in [1.807, 2.05) is 45.1 Å². The molecule has 0 atom stereocenters. The number of amides is 1. The van der Waals surface area contributed by atoms with Gasteiger partial charge in [-0.1, -0.05) is 23.7 Å². The molecular weight excluding hydrogens is 368 g/mol. The van der Waals surface area contributed by atoms with E-state index in [-0.39, 0.29) is 5.91 Å². The lowest BCUT2D eigenvalue weighted by Gasteiger charge is -2.36. The van der Waals surface area contributed by atoms with Gasteiger partial charge in [-0.25, -0.2) is 4.98 Å². The molecule has 0 radical (unpaired) electrons. The molecule has 3 heterocycles. The van der Waals surface area contributed by atoms with E-state index in [0.717, 1.165) is 42.4 Å². The fourth-order valence-electron chi connectivity index (χ4n) is 3.30. The number of hydrogen-bond donors (Lipinski definition) is 0. The Hall–Kier alpha value is -1.89. The quantitative estimate of drug-likeness (QED) is 0.683. The summed E-state index contributed by atoms with van der Waals surface area (Å²) in [4.78, 5) is 22.8. The minimum absolute atomic E-state index is 0.0831. The SMILES string of the molecule is CC(C)N1CCN(C(=O)c2csc3nc(-c4ccc(Cl)cc4)cn23)CC1. The summed E-state index contributed by atoms with van der Waals surface area (Å²) in [5, 5.41) is 2.61. The smallest absolute Gasteiger partial charge is 0.271 e. The molecule has 1 fully saturated rings. The Balaban J connectivity index is 1.57. The van der Waals surface area contributed by atoms with Crippen LogP contribution in [-0.2, 0) is 0 Å². The molecule has 0 bridgehead atoms. The van der Waals surface area contributed by atoms with Crippen molar-refractivity contribution in [3.63, 3.8) is 0 Å². The van der Waals surface area contributed by atoms with Crippen LogP contribution in [0.4, 0.5) is 0 Å². The van der Waals surface area contributed by atoms with E-state index in [9.17, 15) is 4.79 Å². The highest BCUT2D eigenvalue weighted by molar-refractivity contribution is 7.15. The number of rotatable bonds is 3. The number of thiazole rings is 1. The van der Waals surface area contributed by atoms with Crippen LogP contribution in [0.3, 0.4) is 0 Å². The van der Waals surface area contributed by atoms with Crippen LogP contribution in [0.2, 0.25) is 5.02 Å². The highest BCUT2D eigenvalue weighted by Gasteiger charge is 2.25. The fraction of sp³-hybridized carbons (Fsp3) is 0.368. The first kappa shape index (κ1) is 17.5. The van der Waals surface area contributed by atoms with Crippen LogP contribution >= 0.6 is 22.9 Å². The van der Waals surface area contributed by atoms with Gasteiger partial charge in [0.2, 0.25) is 0 Å². The van der Waals surface area contributed by atoms with E-state index in [4.69, 9.17) is 11.6 Å². The van der Waals surface area contributed by atoms with Crippen molar-refractivity contribution in [2.45, 2.75) is 19.9 Å². The molecule has 0 spiro atoms. The summed E-state index contributed by atoms with van der Waals surface area (Å²) in [6.07, 6.45) is 1.94. The predicted octanol–water partition coefficient (Wildman–Crippen LogP) is 3.88. The number of piperazine rings is 1. The number of carbonyl (C=O) groups is 1. The van der Waals surface area contributed by atoms with Gasteiger partial charge in [0.1, 0.15) is 5.69 Å². The molecule has 3 aromatic rings. The molecule has 4 rings (SSSR count). The molecule has 1 aromatic carbocycles. The first-order valence-electron chi connectivity index (χ1n) is 8.79. The molecule has 1 aliphatic heterocycles. The van der Waals surface area contributed by atoms with Crippen molar-refractivity contribution in [3.05, 3.63) is 46.6 Å². The van der Waals surface area contributed by atoms with Gasteiger partial charge in [-0.15, -0.1) is 11.3 Å². The van der Waals surface area contributed by atoms with Crippen molar-refractivity contribution >= 4 is 33.8 Å². The molecule has 2 aromatic heterocycles. The molecule has 5 nitrogen and oxygen atoms in total. The highest BCUT2D eigenvalue weighted by atomic mass is 35.5. The van der Waals surface area contributed by atoms with Crippen LogP contribution in [0.5, 0.6) is 0 Å². The van der Waals surface area contributed by atoms with Crippen molar-refractivity contribution in [3.8, 4) is 11.3 Å². The van der Waals surface area contributed by atoms with Crippen LogP contribution in [0.1, 0.15) is 24.3 Å². The molecule has 0 saturated carbocycles. The Bertz CT molecular complexity index is 923. The first-order chi connectivity index (χ1) is 12.5. The van der Waals surface area contributed by atoms with E-state index < -0.39 is 0 Å². The summed E-state index contributed by atoms with van der Waals surface area (Å²) in [6.45, 7) is 7.79. The second-order valence-corrected chi connectivity index (χ2v) is 8.10. The third-order valence-electron chi connectivity index (χ3n) is 4.90. The molecule has 136 valence electrons. The van der Waals surface area contributed by atoms with Gasteiger partial charge in [-0.2, -0.15) is 0 Å². The lowest BCUT2D eigenvalue weighted by atomic mass is 10.2. The lowest BCUT2D eigenvalue weighted by molar-refractivity contribution is 0.0589. The largest absolute Gasteiger partial charge is 0.335 e. The Morgan fingerprint density at radius 1 is 1.15 bits per heavy atom. The van der Waals surface area contributed by atoms with Crippen LogP contribution in [0.25, 0.3) is 16.2 Å². The zero-order valence-corrected chi connectivity index (χ0v) is 16.4. The molecule has 1 saturated heterocycles. The Morgan fingerprint density at radius 3 is 2.50 bits per heavy atom. The summed E-state index contributed by atoms with van der Waals surface area (Å²) in [5.41, 5.74) is 2.54. The maximum Gasteiger partial charge on any atom is 0.271 e. The van der Waals surface area contributed by atoms with Gasteiger partial charge in [0.05, 0.1) is 5.69 Å². The molecule has 0 unspecified atom stereocenters. The minimum Gasteiger partial charge on any atom is -0.335 e. The van der Waals surface area contributed by atoms with Crippen LogP contribution in [0.15, 0.2) is 35.8 Å². The summed E-state index contributed by atoms with van der Waals surface area (Å²) in [6, 6.07) is 8.12. The van der Waals surface area contributed by atoms with E-state index in [0.29, 0.717) is 16.8 Å². The monoisotopic (exact) mass is 388 g/mol. The topological polar surface area (TPSA) is 40.8 Å². The number of halogens is 1. The Kier molecular flexibility index (Phi) is 4.73. The molecule has 0 N–H and O–H groups in total. The number of fused-ring (bicyclic) bond motifs is 1. The van der Waals surface area contributed by atoms with Crippen LogP contribution in [-0.4, -0.2) is 57.3 Å². The van der Waals surface area contributed by atoms with Gasteiger partial charge < -0.3 is 4.90 Å². The molecule has 0 aliphatic carbocycles. The van der Waals surface area contributed by atoms with Crippen molar-refractivity contribution in [2.24, 2.45) is 0 Å². The molecule has 7 heteroatoms. The van der Waals surface area contributed by atoms with Gasteiger partial charge in [-0.05, 0) is 26.0 Å². The predicted molar refractivity (Wildman–Crippen MR) is 106 cm³/mol. The molecule has 26 heavy (non-hydrogen) atoms. The van der Waals surface area contributed by atoms with Crippen molar-refractivity contribution in [1.82, 2.24) is 19.2 Å². The maximum absolute atomic E-state index is 13.0. The van der Waals surface area contributed by atoms with E-state index >= 15 is 0 Å². The number of carbonyl (C=O) groups excluding carboxylic acids is 1. The maximum atomic E-state index is 13.0. The first-order valence-corrected chi connectivity index (χ1v) is 10.0. The van der Waals surface area contributed by atoms with E-state index in [1.165, 1.54) is 11.3 Å². The van der Waals surface area contributed by atoms with E-state index in [2.05, 4.69) is 23.7 Å². The van der Waals surface area contributed by atoms with Crippen LogP contribution < -0.4 is 0 Å². The summed E-state index contributed by atoms with van der Waals surface area (Å²) in [5.74, 6) is 0.0831. The average molecular weight is 389 g/mol. The number of benzene rings is 1. The van der Waals surface area contributed by atoms with E-state index in [1.54, 1.807) is 0 Å². The highest BCUT2D eigenvalue weighted by Crippen LogP contribution is 2.25. The Labute approximate surface area is 161 Å². The Morgan fingerprint density at radius 2 is 1.85 bits per heavy atom. The fourth-order valence-corrected chi connectivity index (χ4v) is 4.27. The number of hydrogen-bond acceptors (Lipinski definition) is 4. The average Bonchev–Trinajstić information content (AvgIpc) is 3.22. The lowest BCUT2D eigenvalue weighted by Crippen LogP contribution is -2.50. The van der Waals surface area contributed by atoms with Crippen LogP contribution in [0, 0.1) is 0 Å². The molecule has 1 amide bonds. The minimum atomic E-state index is 0.0831. The van der Waals surface area contributed by atoms with Gasteiger partial charge in [0.25, 0.3) is 5.91 Å². The third kappa shape index (κ3) is 3.24. The zero-order chi connectivity index (χ0) is 18.3. The summed E-state index contributed by atoms with van der Waals surface area (Å²) in [7, 11) is 0. The number of aromatic nitrogens is 2. The number of nitrogens with zero attached hydrogens (tertiary/aromatic N) is 4. The van der Waals surface area contributed by atoms with Gasteiger partial charge in [0.15, 0.2) is 4.96 Å². The molecular formula is C19H21ClN4OS. The second-order valence-electron chi connectivity index (χ2n) is 6.83. The summed E-state index contributed by atoms with van der Waals surface area (Å²) >= 11 is 7.46. The standard InChI is InChI=1S/C19H21ClN4OS/c1-13(2)22-7-9-23(10-8-22)18(25)17-12-26-19-21-16(11-24(17)19)14-3-5-15(20)6-4-14/h3-6,11-13H,7-10H2,1-2H3. The summed E-state index contributed by atoms with van der Waals surface area (Å²) < 4.78 is 1.91. The zero-order valence-electron chi connectivity index (χ0n) is 14.9. The van der Waals surface area contributed by atoms with Crippen molar-refractivity contribution in [1.29, 1.82) is 0 Å². The molecule has 1 aliphatic rings. The van der Waals surface area contributed by atoms with Gasteiger partial charge in [0, 0.05) is 54.4 Å². The number of imidazole rings is 1. The second kappa shape index (κ2) is 7.02. The van der Waals surface area contributed by atoms with Gasteiger partial charge in [-0.3, -0.25) is 14.1 Å².